The Morgan fingerprint density at radius 2 is 1.71 bits per heavy atom. The summed E-state index contributed by atoms with van der Waals surface area (Å²) in [7, 11) is 0. The molecular weight excluding hydrogens is 470 g/mol. The second kappa shape index (κ2) is 11.5. The van der Waals surface area contributed by atoms with Gasteiger partial charge in [-0.25, -0.2) is 9.48 Å². The summed E-state index contributed by atoms with van der Waals surface area (Å²) in [5.41, 5.74) is 0.487. The average Bonchev–Trinajstić information content (AvgIpc) is 3.12. The highest BCUT2D eigenvalue weighted by Gasteiger charge is 2.24. The Morgan fingerprint density at radius 1 is 0.943 bits per heavy atom. The first-order chi connectivity index (χ1) is 17.0. The van der Waals surface area contributed by atoms with Gasteiger partial charge in [-0.05, 0) is 42.8 Å². The third kappa shape index (κ3) is 6.60. The Kier molecular flexibility index (Phi) is 7.99. The number of aromatic nitrogens is 2. The van der Waals surface area contributed by atoms with Gasteiger partial charge < -0.3 is 19.9 Å². The zero-order valence-corrected chi connectivity index (χ0v) is 19.9. The van der Waals surface area contributed by atoms with Gasteiger partial charge in [0.2, 0.25) is 0 Å². The molecule has 3 aromatic rings. The van der Waals surface area contributed by atoms with E-state index in [1.54, 1.807) is 34.1 Å². The fraction of sp³-hybridized carbons (Fsp3) is 0.280. The van der Waals surface area contributed by atoms with Crippen molar-refractivity contribution in [2.24, 2.45) is 0 Å². The summed E-state index contributed by atoms with van der Waals surface area (Å²) in [6.07, 6.45) is 0.624. The molecule has 0 aliphatic carbocycles. The quantitative estimate of drug-likeness (QED) is 0.565. The topological polar surface area (TPSA) is 96.8 Å². The third-order valence-corrected chi connectivity index (χ3v) is 5.78. The summed E-state index contributed by atoms with van der Waals surface area (Å²) in [5, 5.41) is 7.63. The highest BCUT2D eigenvalue weighted by molar-refractivity contribution is 6.30. The standard InChI is InChI=1S/C25H26ClN5O4/c26-19-6-4-7-20(18-19)27-25(34)30-13-5-12-29(14-15-30)24(33)22-10-11-23(32)31(28-22)16-17-35-21-8-2-1-3-9-21/h1-4,6-11,18H,5,12-17H2,(H,27,34). The fourth-order valence-electron chi connectivity index (χ4n) is 3.74. The van der Waals surface area contributed by atoms with Crippen LogP contribution < -0.4 is 15.6 Å². The smallest absolute Gasteiger partial charge is 0.321 e. The molecule has 4 rings (SSSR count). The van der Waals surface area contributed by atoms with Crippen molar-refractivity contribution in [3.63, 3.8) is 0 Å². The Bertz CT molecular complexity index is 1230. The molecule has 9 nitrogen and oxygen atoms in total. The lowest BCUT2D eigenvalue weighted by molar-refractivity contribution is 0.0753. The third-order valence-electron chi connectivity index (χ3n) is 5.55. The molecule has 10 heteroatoms. The van der Waals surface area contributed by atoms with Gasteiger partial charge in [0.05, 0.1) is 6.54 Å². The van der Waals surface area contributed by atoms with Crippen molar-refractivity contribution >= 4 is 29.2 Å². The molecule has 3 amide bonds. The molecular formula is C25H26ClN5O4. The van der Waals surface area contributed by atoms with Crippen molar-refractivity contribution in [2.75, 3.05) is 38.1 Å². The van der Waals surface area contributed by atoms with Gasteiger partial charge in [-0.2, -0.15) is 5.10 Å². The van der Waals surface area contributed by atoms with Crippen LogP contribution in [0.4, 0.5) is 10.5 Å². The van der Waals surface area contributed by atoms with Gasteiger partial charge in [-0.15, -0.1) is 0 Å². The normalized spacial score (nSPS) is 13.7. The van der Waals surface area contributed by atoms with E-state index in [0.29, 0.717) is 49.1 Å². The molecule has 0 bridgehead atoms. The number of halogens is 1. The number of urea groups is 1. The maximum Gasteiger partial charge on any atom is 0.321 e. The van der Waals surface area contributed by atoms with Crippen molar-refractivity contribution in [3.8, 4) is 5.75 Å². The predicted molar refractivity (Wildman–Crippen MR) is 133 cm³/mol. The van der Waals surface area contributed by atoms with E-state index in [4.69, 9.17) is 16.3 Å². The zero-order valence-electron chi connectivity index (χ0n) is 19.1. The van der Waals surface area contributed by atoms with E-state index in [1.165, 1.54) is 16.8 Å². The molecule has 1 saturated heterocycles. The van der Waals surface area contributed by atoms with Gasteiger partial charge in [0.1, 0.15) is 18.1 Å². The summed E-state index contributed by atoms with van der Waals surface area (Å²) in [5.74, 6) is 0.418. The van der Waals surface area contributed by atoms with Crippen LogP contribution in [0.25, 0.3) is 0 Å². The zero-order chi connectivity index (χ0) is 24.6. The van der Waals surface area contributed by atoms with Gasteiger partial charge in [0.15, 0.2) is 0 Å². The van der Waals surface area contributed by atoms with E-state index in [1.807, 2.05) is 30.3 Å². The number of carbonyl (C=O) groups is 2. The van der Waals surface area contributed by atoms with Gasteiger partial charge in [0.25, 0.3) is 11.5 Å². The van der Waals surface area contributed by atoms with E-state index < -0.39 is 0 Å². The summed E-state index contributed by atoms with van der Waals surface area (Å²) in [6, 6.07) is 18.8. The summed E-state index contributed by atoms with van der Waals surface area (Å²) in [6.45, 7) is 2.20. The molecule has 2 heterocycles. The minimum Gasteiger partial charge on any atom is -0.492 e. The van der Waals surface area contributed by atoms with Crippen LogP contribution in [0.15, 0.2) is 71.5 Å². The Labute approximate surface area is 207 Å². The number of ether oxygens (including phenoxy) is 1. The minimum atomic E-state index is -0.307. The lowest BCUT2D eigenvalue weighted by atomic mass is 10.3. The molecule has 0 unspecified atom stereocenters. The molecule has 0 radical (unpaired) electrons. The number of anilines is 1. The number of rotatable bonds is 6. The maximum atomic E-state index is 13.1. The number of nitrogens with one attached hydrogen (secondary N) is 1. The first-order valence-corrected chi connectivity index (χ1v) is 11.7. The maximum absolute atomic E-state index is 13.1. The first kappa shape index (κ1) is 24.3. The molecule has 2 aromatic carbocycles. The summed E-state index contributed by atoms with van der Waals surface area (Å²) < 4.78 is 6.87. The van der Waals surface area contributed by atoms with Gasteiger partial charge in [-0.3, -0.25) is 9.59 Å². The lowest BCUT2D eigenvalue weighted by Gasteiger charge is -2.22. The van der Waals surface area contributed by atoms with Gasteiger partial charge >= 0.3 is 6.03 Å². The van der Waals surface area contributed by atoms with Crippen LogP contribution in [-0.2, 0) is 6.54 Å². The first-order valence-electron chi connectivity index (χ1n) is 11.4. The van der Waals surface area contributed by atoms with Gasteiger partial charge in [0, 0.05) is 43.0 Å². The van der Waals surface area contributed by atoms with E-state index in [2.05, 4.69) is 10.4 Å². The second-order valence-electron chi connectivity index (χ2n) is 8.01. The molecule has 35 heavy (non-hydrogen) atoms. The Morgan fingerprint density at radius 3 is 2.51 bits per heavy atom. The van der Waals surface area contributed by atoms with Crippen LogP contribution in [0.2, 0.25) is 5.02 Å². The molecule has 1 N–H and O–H groups in total. The minimum absolute atomic E-state index is 0.182. The van der Waals surface area contributed by atoms with Crippen LogP contribution in [-0.4, -0.2) is 64.3 Å². The Balaban J connectivity index is 1.34. The van der Waals surface area contributed by atoms with Crippen LogP contribution in [0, 0.1) is 0 Å². The number of hydrogen-bond acceptors (Lipinski definition) is 5. The Hall–Kier alpha value is -3.85. The molecule has 0 saturated carbocycles. The van der Waals surface area contributed by atoms with E-state index in [-0.39, 0.29) is 36.3 Å². The molecule has 1 aliphatic heterocycles. The summed E-state index contributed by atoms with van der Waals surface area (Å²) >= 11 is 5.99. The van der Waals surface area contributed by atoms with Crippen molar-refractivity contribution < 1.29 is 14.3 Å². The van der Waals surface area contributed by atoms with E-state index in [0.717, 1.165) is 0 Å². The lowest BCUT2D eigenvalue weighted by Crippen LogP contribution is -2.40. The summed E-state index contributed by atoms with van der Waals surface area (Å²) in [4.78, 5) is 41.3. The highest BCUT2D eigenvalue weighted by atomic mass is 35.5. The van der Waals surface area contributed by atoms with E-state index >= 15 is 0 Å². The fourth-order valence-corrected chi connectivity index (χ4v) is 3.93. The number of hydrogen-bond donors (Lipinski definition) is 1. The number of para-hydroxylation sites is 1. The van der Waals surface area contributed by atoms with Crippen molar-refractivity contribution in [3.05, 3.63) is 87.8 Å². The van der Waals surface area contributed by atoms with Crippen molar-refractivity contribution in [1.82, 2.24) is 19.6 Å². The molecule has 0 spiro atoms. The number of nitrogens with zero attached hydrogens (tertiary/aromatic N) is 4. The number of benzene rings is 2. The average molecular weight is 496 g/mol. The van der Waals surface area contributed by atoms with Crippen LogP contribution >= 0.6 is 11.6 Å². The number of carbonyl (C=O) groups excluding carboxylic acids is 2. The molecule has 0 atom stereocenters. The van der Waals surface area contributed by atoms with Crippen LogP contribution in [0.5, 0.6) is 5.75 Å². The van der Waals surface area contributed by atoms with E-state index in [9.17, 15) is 14.4 Å². The van der Waals surface area contributed by atoms with Crippen molar-refractivity contribution in [2.45, 2.75) is 13.0 Å². The van der Waals surface area contributed by atoms with Gasteiger partial charge in [-0.1, -0.05) is 35.9 Å². The number of amides is 3. The largest absolute Gasteiger partial charge is 0.492 e. The molecule has 1 aliphatic rings. The predicted octanol–water partition coefficient (Wildman–Crippen LogP) is 3.36. The van der Waals surface area contributed by atoms with Crippen LogP contribution in [0.1, 0.15) is 16.9 Å². The van der Waals surface area contributed by atoms with Crippen LogP contribution in [0.3, 0.4) is 0 Å². The van der Waals surface area contributed by atoms with Crippen molar-refractivity contribution in [1.29, 1.82) is 0 Å². The molecule has 1 aromatic heterocycles. The second-order valence-corrected chi connectivity index (χ2v) is 8.45. The molecule has 182 valence electrons. The monoisotopic (exact) mass is 495 g/mol. The molecule has 1 fully saturated rings. The highest BCUT2D eigenvalue weighted by Crippen LogP contribution is 2.16. The SMILES string of the molecule is O=C(Nc1cccc(Cl)c1)N1CCCN(C(=O)c2ccc(=O)n(CCOc3ccccc3)n2)CC1.